The van der Waals surface area contributed by atoms with Crippen LogP contribution >= 0.6 is 0 Å². The largest absolute Gasteiger partial charge is 0.463 e. The van der Waals surface area contributed by atoms with Gasteiger partial charge in [0.25, 0.3) is 0 Å². The van der Waals surface area contributed by atoms with Gasteiger partial charge in [-0.25, -0.2) is 4.98 Å². The monoisotopic (exact) mass is 189 g/mol. The Balaban J connectivity index is 2.43. The standard InChI is InChI=1S/C10H11N3O/c11-6-7-3-4-8(13-10(7)12)9-2-1-5-14-9/h1-5H,6,11H2,(H2,12,13). The van der Waals surface area contributed by atoms with Gasteiger partial charge < -0.3 is 15.9 Å². The van der Waals surface area contributed by atoms with Crippen LogP contribution in [0.1, 0.15) is 5.56 Å². The van der Waals surface area contributed by atoms with Crippen LogP contribution in [0.25, 0.3) is 11.5 Å². The number of hydrogen-bond donors (Lipinski definition) is 2. The summed E-state index contributed by atoms with van der Waals surface area (Å²) < 4.78 is 5.20. The summed E-state index contributed by atoms with van der Waals surface area (Å²) in [6.07, 6.45) is 1.60. The minimum Gasteiger partial charge on any atom is -0.463 e. The van der Waals surface area contributed by atoms with Gasteiger partial charge in [-0.3, -0.25) is 0 Å². The Labute approximate surface area is 81.5 Å². The SMILES string of the molecule is NCc1ccc(-c2ccco2)nc1N. The first-order valence-corrected chi connectivity index (χ1v) is 4.30. The molecular weight excluding hydrogens is 178 g/mol. The van der Waals surface area contributed by atoms with E-state index in [0.717, 1.165) is 11.3 Å². The lowest BCUT2D eigenvalue weighted by atomic mass is 10.2. The minimum absolute atomic E-state index is 0.400. The highest BCUT2D eigenvalue weighted by atomic mass is 16.3. The van der Waals surface area contributed by atoms with Crippen molar-refractivity contribution in [2.45, 2.75) is 6.54 Å². The Hall–Kier alpha value is -1.81. The fourth-order valence-electron chi connectivity index (χ4n) is 1.24. The highest BCUT2D eigenvalue weighted by Gasteiger charge is 2.04. The van der Waals surface area contributed by atoms with Gasteiger partial charge in [-0.1, -0.05) is 6.07 Å². The van der Waals surface area contributed by atoms with E-state index in [-0.39, 0.29) is 0 Å². The van der Waals surface area contributed by atoms with Crippen molar-refractivity contribution in [1.82, 2.24) is 4.98 Å². The third-order valence-corrected chi connectivity index (χ3v) is 2.01. The van der Waals surface area contributed by atoms with Crippen molar-refractivity contribution >= 4 is 5.82 Å². The van der Waals surface area contributed by atoms with Crippen molar-refractivity contribution in [1.29, 1.82) is 0 Å². The molecule has 0 aromatic carbocycles. The van der Waals surface area contributed by atoms with Gasteiger partial charge in [-0.2, -0.15) is 0 Å². The van der Waals surface area contributed by atoms with Crippen molar-refractivity contribution in [3.63, 3.8) is 0 Å². The Kier molecular flexibility index (Phi) is 2.20. The molecule has 2 rings (SSSR count). The number of hydrogen-bond acceptors (Lipinski definition) is 4. The zero-order chi connectivity index (χ0) is 9.97. The van der Waals surface area contributed by atoms with Crippen molar-refractivity contribution in [3.05, 3.63) is 36.1 Å². The molecule has 2 aromatic rings. The predicted molar refractivity (Wildman–Crippen MR) is 54.2 cm³/mol. The zero-order valence-corrected chi connectivity index (χ0v) is 7.60. The number of nitrogen functional groups attached to an aromatic ring is 1. The van der Waals surface area contributed by atoms with Crippen LogP contribution < -0.4 is 11.5 Å². The fraction of sp³-hybridized carbons (Fsp3) is 0.100. The van der Waals surface area contributed by atoms with Gasteiger partial charge in [-0.15, -0.1) is 0 Å². The summed E-state index contributed by atoms with van der Waals surface area (Å²) >= 11 is 0. The zero-order valence-electron chi connectivity index (χ0n) is 7.60. The second kappa shape index (κ2) is 3.51. The number of rotatable bonds is 2. The molecule has 0 aliphatic heterocycles. The lowest BCUT2D eigenvalue weighted by molar-refractivity contribution is 0.580. The fourth-order valence-corrected chi connectivity index (χ4v) is 1.24. The van der Waals surface area contributed by atoms with E-state index in [0.29, 0.717) is 18.1 Å². The summed E-state index contributed by atoms with van der Waals surface area (Å²) in [5, 5.41) is 0. The van der Waals surface area contributed by atoms with Gasteiger partial charge in [-0.05, 0) is 18.2 Å². The highest BCUT2D eigenvalue weighted by molar-refractivity contribution is 5.56. The second-order valence-electron chi connectivity index (χ2n) is 2.92. The van der Waals surface area contributed by atoms with Crippen molar-refractivity contribution in [2.24, 2.45) is 5.73 Å². The number of anilines is 1. The number of aromatic nitrogens is 1. The van der Waals surface area contributed by atoms with Crippen LogP contribution in [0.4, 0.5) is 5.82 Å². The topological polar surface area (TPSA) is 78.1 Å². The molecule has 2 aromatic heterocycles. The second-order valence-corrected chi connectivity index (χ2v) is 2.92. The number of nitrogens with zero attached hydrogens (tertiary/aromatic N) is 1. The molecule has 0 saturated heterocycles. The molecule has 4 N–H and O–H groups in total. The molecule has 0 aliphatic rings. The molecule has 72 valence electrons. The summed E-state index contributed by atoms with van der Waals surface area (Å²) in [5.74, 6) is 1.17. The number of furan rings is 1. The smallest absolute Gasteiger partial charge is 0.152 e. The first-order chi connectivity index (χ1) is 6.81. The summed E-state index contributed by atoms with van der Waals surface area (Å²) in [4.78, 5) is 4.19. The molecule has 0 amide bonds. The summed E-state index contributed by atoms with van der Waals surface area (Å²) in [5.41, 5.74) is 12.8. The van der Waals surface area contributed by atoms with Crippen molar-refractivity contribution < 1.29 is 4.42 Å². The van der Waals surface area contributed by atoms with Crippen LogP contribution in [0.5, 0.6) is 0 Å². The van der Waals surface area contributed by atoms with Crippen LogP contribution in [-0.4, -0.2) is 4.98 Å². The van der Waals surface area contributed by atoms with Gasteiger partial charge in [0.05, 0.1) is 6.26 Å². The molecule has 0 radical (unpaired) electrons. The maximum atomic E-state index is 5.71. The van der Waals surface area contributed by atoms with E-state index in [2.05, 4.69) is 4.98 Å². The molecule has 4 heteroatoms. The van der Waals surface area contributed by atoms with Gasteiger partial charge in [0.15, 0.2) is 5.76 Å². The lowest BCUT2D eigenvalue weighted by Crippen LogP contribution is -2.03. The Morgan fingerprint density at radius 2 is 2.14 bits per heavy atom. The predicted octanol–water partition coefficient (Wildman–Crippen LogP) is 1.38. The molecule has 0 atom stereocenters. The van der Waals surface area contributed by atoms with E-state index >= 15 is 0 Å². The molecule has 14 heavy (non-hydrogen) atoms. The molecule has 0 unspecified atom stereocenters. The molecule has 0 bridgehead atoms. The van der Waals surface area contributed by atoms with Crippen LogP contribution in [0, 0.1) is 0 Å². The average Bonchev–Trinajstić information content (AvgIpc) is 2.70. The maximum absolute atomic E-state index is 5.71. The van der Waals surface area contributed by atoms with Gasteiger partial charge >= 0.3 is 0 Å². The van der Waals surface area contributed by atoms with Gasteiger partial charge in [0.1, 0.15) is 11.5 Å². The third kappa shape index (κ3) is 1.47. The first-order valence-electron chi connectivity index (χ1n) is 4.30. The summed E-state index contributed by atoms with van der Waals surface area (Å²) in [6.45, 7) is 0.400. The molecule has 0 saturated carbocycles. The maximum Gasteiger partial charge on any atom is 0.152 e. The van der Waals surface area contributed by atoms with E-state index in [4.69, 9.17) is 15.9 Å². The van der Waals surface area contributed by atoms with Gasteiger partial charge in [0, 0.05) is 12.1 Å². The van der Waals surface area contributed by atoms with E-state index in [1.807, 2.05) is 24.3 Å². The average molecular weight is 189 g/mol. The Morgan fingerprint density at radius 1 is 1.29 bits per heavy atom. The van der Waals surface area contributed by atoms with Crippen LogP contribution in [-0.2, 0) is 6.54 Å². The number of nitrogens with two attached hydrogens (primary N) is 2. The molecule has 0 aliphatic carbocycles. The van der Waals surface area contributed by atoms with E-state index in [9.17, 15) is 0 Å². The van der Waals surface area contributed by atoms with Crippen molar-refractivity contribution in [3.8, 4) is 11.5 Å². The molecule has 2 heterocycles. The minimum atomic E-state index is 0.400. The van der Waals surface area contributed by atoms with Crippen LogP contribution in [0.15, 0.2) is 34.9 Å². The van der Waals surface area contributed by atoms with Crippen LogP contribution in [0.3, 0.4) is 0 Å². The third-order valence-electron chi connectivity index (χ3n) is 2.01. The van der Waals surface area contributed by atoms with Crippen LogP contribution in [0.2, 0.25) is 0 Å². The lowest BCUT2D eigenvalue weighted by Gasteiger charge is -2.03. The van der Waals surface area contributed by atoms with E-state index in [1.165, 1.54) is 0 Å². The van der Waals surface area contributed by atoms with Crippen molar-refractivity contribution in [2.75, 3.05) is 5.73 Å². The molecule has 4 nitrogen and oxygen atoms in total. The first kappa shape index (κ1) is 8.77. The quantitative estimate of drug-likeness (QED) is 0.748. The Bertz CT molecular complexity index is 423. The normalized spacial score (nSPS) is 10.4. The Morgan fingerprint density at radius 3 is 2.71 bits per heavy atom. The van der Waals surface area contributed by atoms with E-state index < -0.39 is 0 Å². The summed E-state index contributed by atoms with van der Waals surface area (Å²) in [7, 11) is 0. The number of pyridine rings is 1. The highest BCUT2D eigenvalue weighted by Crippen LogP contribution is 2.20. The summed E-state index contributed by atoms with van der Waals surface area (Å²) in [6, 6.07) is 7.35. The molecular formula is C10H11N3O. The molecule has 0 fully saturated rings. The van der Waals surface area contributed by atoms with E-state index in [1.54, 1.807) is 6.26 Å². The van der Waals surface area contributed by atoms with Gasteiger partial charge in [0.2, 0.25) is 0 Å². The molecule has 0 spiro atoms.